The lowest BCUT2D eigenvalue weighted by Gasteiger charge is -2.20. The van der Waals surface area contributed by atoms with E-state index in [1.54, 1.807) is 17.3 Å². The Balaban J connectivity index is 2.11. The maximum Gasteiger partial charge on any atom is 0.326 e. The summed E-state index contributed by atoms with van der Waals surface area (Å²) in [4.78, 5) is 44.7. The lowest BCUT2D eigenvalue weighted by molar-refractivity contribution is 0.0759. The molecule has 0 spiro atoms. The van der Waals surface area contributed by atoms with Crippen LogP contribution in [0.15, 0.2) is 40.2 Å². The fourth-order valence-corrected chi connectivity index (χ4v) is 1.97. The Morgan fingerprint density at radius 3 is 2.57 bits per heavy atom. The minimum absolute atomic E-state index is 0.000304. The summed E-state index contributed by atoms with van der Waals surface area (Å²) in [6, 6.07) is 4.86. The van der Waals surface area contributed by atoms with E-state index in [9.17, 15) is 14.4 Å². The molecule has 0 saturated heterocycles. The van der Waals surface area contributed by atoms with Gasteiger partial charge in [0.05, 0.1) is 0 Å². The molecular weight excluding hydrogens is 272 g/mol. The number of rotatable bonds is 5. The molecule has 21 heavy (non-hydrogen) atoms. The number of nitrogens with zero attached hydrogens (tertiary/aromatic N) is 2. The zero-order valence-corrected chi connectivity index (χ0v) is 11.6. The van der Waals surface area contributed by atoms with Crippen molar-refractivity contribution in [1.82, 2.24) is 19.9 Å². The van der Waals surface area contributed by atoms with Crippen molar-refractivity contribution >= 4 is 5.91 Å². The SMILES string of the molecule is CCN(CCc1ccncc1)C(=O)c1cc(=O)[nH]c(=O)[nH]1. The van der Waals surface area contributed by atoms with Gasteiger partial charge in [-0.25, -0.2) is 4.79 Å². The van der Waals surface area contributed by atoms with Crippen molar-refractivity contribution in [3.05, 3.63) is 62.7 Å². The molecule has 2 rings (SSSR count). The highest BCUT2D eigenvalue weighted by Crippen LogP contribution is 2.03. The molecule has 2 aromatic rings. The summed E-state index contributed by atoms with van der Waals surface area (Å²) in [5.41, 5.74) is -0.209. The Bertz CT molecular complexity index is 692. The molecule has 0 aromatic carbocycles. The highest BCUT2D eigenvalue weighted by molar-refractivity contribution is 5.92. The van der Waals surface area contributed by atoms with Gasteiger partial charge in [-0.05, 0) is 31.0 Å². The van der Waals surface area contributed by atoms with Crippen molar-refractivity contribution in [3.63, 3.8) is 0 Å². The molecule has 110 valence electrons. The second-order valence-corrected chi connectivity index (χ2v) is 4.49. The van der Waals surface area contributed by atoms with Crippen LogP contribution in [0.3, 0.4) is 0 Å². The van der Waals surface area contributed by atoms with Crippen LogP contribution in [-0.4, -0.2) is 38.8 Å². The standard InChI is InChI=1S/C14H16N4O3/c1-2-18(8-5-10-3-6-15-7-4-10)13(20)11-9-12(19)17-14(21)16-11/h3-4,6-7,9H,2,5,8H2,1H3,(H2,16,17,19,21). The molecule has 2 N–H and O–H groups in total. The molecule has 1 amide bonds. The third-order valence-corrected chi connectivity index (χ3v) is 3.08. The Morgan fingerprint density at radius 2 is 1.95 bits per heavy atom. The zero-order valence-electron chi connectivity index (χ0n) is 11.6. The molecule has 0 fully saturated rings. The fourth-order valence-electron chi connectivity index (χ4n) is 1.97. The molecule has 0 atom stereocenters. The van der Waals surface area contributed by atoms with E-state index in [1.165, 1.54) is 0 Å². The number of hydrogen-bond acceptors (Lipinski definition) is 4. The van der Waals surface area contributed by atoms with Gasteiger partial charge in [-0.15, -0.1) is 0 Å². The van der Waals surface area contributed by atoms with Crippen molar-refractivity contribution < 1.29 is 4.79 Å². The average molecular weight is 288 g/mol. The molecule has 0 saturated carbocycles. The Kier molecular flexibility index (Phi) is 4.65. The van der Waals surface area contributed by atoms with Gasteiger partial charge in [-0.3, -0.25) is 19.6 Å². The molecule has 2 heterocycles. The third-order valence-electron chi connectivity index (χ3n) is 3.08. The quantitative estimate of drug-likeness (QED) is 0.818. The van der Waals surface area contributed by atoms with E-state index in [4.69, 9.17) is 0 Å². The predicted molar refractivity (Wildman–Crippen MR) is 77.2 cm³/mol. The number of aromatic nitrogens is 3. The van der Waals surface area contributed by atoms with Crippen LogP contribution in [0.1, 0.15) is 23.0 Å². The lowest BCUT2D eigenvalue weighted by Crippen LogP contribution is -2.36. The van der Waals surface area contributed by atoms with Gasteiger partial charge in [0.25, 0.3) is 11.5 Å². The van der Waals surface area contributed by atoms with Gasteiger partial charge in [0.2, 0.25) is 0 Å². The van der Waals surface area contributed by atoms with Crippen LogP contribution in [0, 0.1) is 0 Å². The van der Waals surface area contributed by atoms with Crippen molar-refractivity contribution in [1.29, 1.82) is 0 Å². The van der Waals surface area contributed by atoms with E-state index < -0.39 is 11.2 Å². The molecule has 0 radical (unpaired) electrons. The van der Waals surface area contributed by atoms with Crippen molar-refractivity contribution in [3.8, 4) is 0 Å². The van der Waals surface area contributed by atoms with E-state index >= 15 is 0 Å². The summed E-state index contributed by atoms with van der Waals surface area (Å²) >= 11 is 0. The smallest absolute Gasteiger partial charge is 0.326 e. The number of H-pyrrole nitrogens is 2. The van der Waals surface area contributed by atoms with Crippen LogP contribution >= 0.6 is 0 Å². The number of carbonyl (C=O) groups excluding carboxylic acids is 1. The van der Waals surface area contributed by atoms with Gasteiger partial charge < -0.3 is 9.88 Å². The summed E-state index contributed by atoms with van der Waals surface area (Å²) < 4.78 is 0. The zero-order chi connectivity index (χ0) is 15.2. The monoisotopic (exact) mass is 288 g/mol. The van der Waals surface area contributed by atoms with Crippen LogP contribution in [0.2, 0.25) is 0 Å². The van der Waals surface area contributed by atoms with Crippen LogP contribution in [0.25, 0.3) is 0 Å². The number of nitrogens with one attached hydrogen (secondary N) is 2. The molecule has 2 aromatic heterocycles. The number of carbonyl (C=O) groups is 1. The summed E-state index contributed by atoms with van der Waals surface area (Å²) in [6.07, 6.45) is 4.07. The van der Waals surface area contributed by atoms with Crippen molar-refractivity contribution in [2.45, 2.75) is 13.3 Å². The maximum atomic E-state index is 12.3. The van der Waals surface area contributed by atoms with E-state index in [1.807, 2.05) is 24.0 Å². The molecule has 0 unspecified atom stereocenters. The van der Waals surface area contributed by atoms with Crippen LogP contribution in [-0.2, 0) is 6.42 Å². The minimum atomic E-state index is -0.684. The highest BCUT2D eigenvalue weighted by atomic mass is 16.2. The van der Waals surface area contributed by atoms with Gasteiger partial charge >= 0.3 is 5.69 Å². The number of pyridine rings is 1. The minimum Gasteiger partial charge on any atom is -0.337 e. The van der Waals surface area contributed by atoms with E-state index in [-0.39, 0.29) is 11.6 Å². The van der Waals surface area contributed by atoms with E-state index in [2.05, 4.69) is 9.97 Å². The number of likely N-dealkylation sites (N-methyl/N-ethyl adjacent to an activating group) is 1. The van der Waals surface area contributed by atoms with Gasteiger partial charge in [-0.1, -0.05) is 0 Å². The Hall–Kier alpha value is -2.70. The lowest BCUT2D eigenvalue weighted by atomic mass is 10.2. The molecular formula is C14H16N4O3. The van der Waals surface area contributed by atoms with Gasteiger partial charge in [0.15, 0.2) is 0 Å². The highest BCUT2D eigenvalue weighted by Gasteiger charge is 2.15. The molecule has 0 aliphatic carbocycles. The second kappa shape index (κ2) is 6.65. The maximum absolute atomic E-state index is 12.3. The topological polar surface area (TPSA) is 98.9 Å². The third kappa shape index (κ3) is 3.88. The summed E-state index contributed by atoms with van der Waals surface area (Å²) in [6.45, 7) is 2.82. The van der Waals surface area contributed by atoms with Crippen LogP contribution < -0.4 is 11.2 Å². The van der Waals surface area contributed by atoms with Crippen LogP contribution in [0.4, 0.5) is 0 Å². The first-order chi connectivity index (χ1) is 10.1. The van der Waals surface area contributed by atoms with Gasteiger partial charge in [0.1, 0.15) is 5.69 Å². The average Bonchev–Trinajstić information content (AvgIpc) is 2.47. The number of hydrogen-bond donors (Lipinski definition) is 2. The number of aromatic amines is 2. The molecule has 0 aliphatic heterocycles. The summed E-state index contributed by atoms with van der Waals surface area (Å²) in [5.74, 6) is -0.366. The molecule has 0 aliphatic rings. The predicted octanol–water partition coefficient (Wildman–Crippen LogP) is 0.163. The molecule has 0 bridgehead atoms. The van der Waals surface area contributed by atoms with Gasteiger partial charge in [0, 0.05) is 31.5 Å². The fraction of sp³-hybridized carbons (Fsp3) is 0.286. The molecule has 7 heteroatoms. The first-order valence-electron chi connectivity index (χ1n) is 6.62. The Labute approximate surface area is 120 Å². The van der Waals surface area contributed by atoms with Gasteiger partial charge in [-0.2, -0.15) is 0 Å². The van der Waals surface area contributed by atoms with Crippen molar-refractivity contribution in [2.75, 3.05) is 13.1 Å². The van der Waals surface area contributed by atoms with E-state index in [0.29, 0.717) is 19.5 Å². The largest absolute Gasteiger partial charge is 0.337 e. The second-order valence-electron chi connectivity index (χ2n) is 4.49. The normalized spacial score (nSPS) is 10.3. The first-order valence-corrected chi connectivity index (χ1v) is 6.62. The van der Waals surface area contributed by atoms with Crippen molar-refractivity contribution in [2.24, 2.45) is 0 Å². The Morgan fingerprint density at radius 1 is 1.24 bits per heavy atom. The number of amides is 1. The first kappa shape index (κ1) is 14.7. The summed E-state index contributed by atoms with van der Waals surface area (Å²) in [7, 11) is 0. The molecule has 7 nitrogen and oxygen atoms in total. The van der Waals surface area contributed by atoms with E-state index in [0.717, 1.165) is 11.6 Å². The van der Waals surface area contributed by atoms with Crippen LogP contribution in [0.5, 0.6) is 0 Å². The summed E-state index contributed by atoms with van der Waals surface area (Å²) in [5, 5.41) is 0.